The second-order valence-electron chi connectivity index (χ2n) is 6.24. The lowest BCUT2D eigenvalue weighted by molar-refractivity contribution is 0.246. The molecule has 1 saturated carbocycles. The SMILES string of the molecule is Cc1cc(C2CCCCCC2)cc2c1CNC(=O)N2C. The van der Waals surface area contributed by atoms with E-state index in [2.05, 4.69) is 24.4 Å². The van der Waals surface area contributed by atoms with Crippen LogP contribution in [0.5, 0.6) is 0 Å². The Morgan fingerprint density at radius 2 is 1.85 bits per heavy atom. The molecular formula is C17H24N2O. The average Bonchev–Trinajstić information content (AvgIpc) is 2.72. The van der Waals surface area contributed by atoms with Gasteiger partial charge in [0.05, 0.1) is 5.69 Å². The fraction of sp³-hybridized carbons (Fsp3) is 0.588. The number of benzene rings is 1. The van der Waals surface area contributed by atoms with Gasteiger partial charge in [0.1, 0.15) is 0 Å². The number of anilines is 1. The van der Waals surface area contributed by atoms with Gasteiger partial charge in [-0.3, -0.25) is 4.90 Å². The molecule has 1 fully saturated rings. The highest BCUT2D eigenvalue weighted by molar-refractivity contribution is 5.94. The fourth-order valence-electron chi connectivity index (χ4n) is 3.60. The van der Waals surface area contributed by atoms with Crippen LogP contribution in [0.15, 0.2) is 12.1 Å². The lowest BCUT2D eigenvalue weighted by atomic mass is 9.88. The van der Waals surface area contributed by atoms with E-state index in [0.717, 1.165) is 5.69 Å². The molecule has 0 spiro atoms. The molecule has 2 aliphatic rings. The summed E-state index contributed by atoms with van der Waals surface area (Å²) in [4.78, 5) is 13.6. The normalized spacial score (nSPS) is 20.3. The van der Waals surface area contributed by atoms with Crippen LogP contribution >= 0.6 is 0 Å². The topological polar surface area (TPSA) is 32.3 Å². The molecule has 0 aromatic heterocycles. The molecule has 0 unspecified atom stereocenters. The molecule has 2 amide bonds. The van der Waals surface area contributed by atoms with Gasteiger partial charge in [-0.15, -0.1) is 0 Å². The zero-order chi connectivity index (χ0) is 14.1. The van der Waals surface area contributed by atoms with E-state index in [1.807, 2.05) is 7.05 Å². The highest BCUT2D eigenvalue weighted by Gasteiger charge is 2.24. The number of carbonyl (C=O) groups excluding carboxylic acids is 1. The van der Waals surface area contributed by atoms with E-state index in [1.165, 1.54) is 55.2 Å². The van der Waals surface area contributed by atoms with E-state index in [0.29, 0.717) is 12.5 Å². The van der Waals surface area contributed by atoms with Crippen molar-refractivity contribution in [1.29, 1.82) is 0 Å². The monoisotopic (exact) mass is 272 g/mol. The molecule has 1 aromatic rings. The summed E-state index contributed by atoms with van der Waals surface area (Å²) in [5, 5.41) is 2.92. The summed E-state index contributed by atoms with van der Waals surface area (Å²) in [5.41, 5.74) is 5.12. The molecular weight excluding hydrogens is 248 g/mol. The molecule has 1 N–H and O–H groups in total. The van der Waals surface area contributed by atoms with E-state index < -0.39 is 0 Å². The van der Waals surface area contributed by atoms with Crippen molar-refractivity contribution in [2.45, 2.75) is 57.9 Å². The van der Waals surface area contributed by atoms with Gasteiger partial charge in [-0.1, -0.05) is 31.7 Å². The summed E-state index contributed by atoms with van der Waals surface area (Å²) in [7, 11) is 1.86. The summed E-state index contributed by atoms with van der Waals surface area (Å²) >= 11 is 0. The first kappa shape index (κ1) is 13.5. The zero-order valence-corrected chi connectivity index (χ0v) is 12.5. The first-order chi connectivity index (χ1) is 9.66. The third kappa shape index (κ3) is 2.41. The quantitative estimate of drug-likeness (QED) is 0.767. The summed E-state index contributed by atoms with van der Waals surface area (Å²) < 4.78 is 0. The Morgan fingerprint density at radius 1 is 1.15 bits per heavy atom. The van der Waals surface area contributed by atoms with Crippen LogP contribution in [0.25, 0.3) is 0 Å². The molecule has 1 heterocycles. The maximum atomic E-state index is 11.8. The molecule has 1 aliphatic heterocycles. The van der Waals surface area contributed by atoms with Gasteiger partial charge in [0.25, 0.3) is 0 Å². The smallest absolute Gasteiger partial charge is 0.321 e. The van der Waals surface area contributed by atoms with Crippen LogP contribution in [0.2, 0.25) is 0 Å². The van der Waals surface area contributed by atoms with Crippen LogP contribution in [-0.4, -0.2) is 13.1 Å². The Hall–Kier alpha value is -1.51. The van der Waals surface area contributed by atoms with Crippen molar-refractivity contribution in [1.82, 2.24) is 5.32 Å². The molecule has 3 rings (SSSR count). The molecule has 0 atom stereocenters. The van der Waals surface area contributed by atoms with Gasteiger partial charge in [0, 0.05) is 13.6 Å². The minimum Gasteiger partial charge on any atom is -0.334 e. The van der Waals surface area contributed by atoms with Crippen LogP contribution in [-0.2, 0) is 6.54 Å². The van der Waals surface area contributed by atoms with Gasteiger partial charge < -0.3 is 5.32 Å². The Balaban J connectivity index is 1.97. The lowest BCUT2D eigenvalue weighted by Gasteiger charge is -2.29. The maximum Gasteiger partial charge on any atom is 0.321 e. The Morgan fingerprint density at radius 3 is 2.55 bits per heavy atom. The number of urea groups is 1. The zero-order valence-electron chi connectivity index (χ0n) is 12.5. The Bertz CT molecular complexity index is 516. The van der Waals surface area contributed by atoms with Crippen LogP contribution in [0, 0.1) is 6.92 Å². The number of aryl methyl sites for hydroxylation is 1. The molecule has 20 heavy (non-hydrogen) atoms. The maximum absolute atomic E-state index is 11.8. The summed E-state index contributed by atoms with van der Waals surface area (Å²) in [6, 6.07) is 4.62. The average molecular weight is 272 g/mol. The summed E-state index contributed by atoms with van der Waals surface area (Å²) in [6.07, 6.45) is 8.04. The molecule has 3 nitrogen and oxygen atoms in total. The largest absolute Gasteiger partial charge is 0.334 e. The van der Waals surface area contributed by atoms with Crippen molar-refractivity contribution in [3.05, 3.63) is 28.8 Å². The number of hydrogen-bond acceptors (Lipinski definition) is 1. The minimum atomic E-state index is 0.00918. The first-order valence-corrected chi connectivity index (χ1v) is 7.82. The van der Waals surface area contributed by atoms with Crippen LogP contribution < -0.4 is 10.2 Å². The number of fused-ring (bicyclic) bond motifs is 1. The van der Waals surface area contributed by atoms with Gasteiger partial charge in [-0.2, -0.15) is 0 Å². The van der Waals surface area contributed by atoms with E-state index in [1.54, 1.807) is 4.90 Å². The predicted octanol–water partition coefficient (Wildman–Crippen LogP) is 4.09. The van der Waals surface area contributed by atoms with E-state index in [9.17, 15) is 4.79 Å². The molecule has 1 aromatic carbocycles. The third-order valence-corrected chi connectivity index (χ3v) is 4.88. The minimum absolute atomic E-state index is 0.00918. The Labute approximate surface area is 121 Å². The lowest BCUT2D eigenvalue weighted by Crippen LogP contribution is -2.42. The number of rotatable bonds is 1. The Kier molecular flexibility index (Phi) is 3.68. The van der Waals surface area contributed by atoms with E-state index >= 15 is 0 Å². The van der Waals surface area contributed by atoms with Gasteiger partial charge >= 0.3 is 6.03 Å². The fourth-order valence-corrected chi connectivity index (χ4v) is 3.60. The van der Waals surface area contributed by atoms with Crippen LogP contribution in [0.3, 0.4) is 0 Å². The van der Waals surface area contributed by atoms with Gasteiger partial charge in [-0.05, 0) is 48.4 Å². The van der Waals surface area contributed by atoms with E-state index in [4.69, 9.17) is 0 Å². The van der Waals surface area contributed by atoms with Crippen molar-refractivity contribution in [3.63, 3.8) is 0 Å². The first-order valence-electron chi connectivity index (χ1n) is 7.82. The van der Waals surface area contributed by atoms with Crippen LogP contribution in [0.4, 0.5) is 10.5 Å². The van der Waals surface area contributed by atoms with Crippen molar-refractivity contribution in [3.8, 4) is 0 Å². The molecule has 0 bridgehead atoms. The van der Waals surface area contributed by atoms with Gasteiger partial charge in [0.15, 0.2) is 0 Å². The van der Waals surface area contributed by atoms with Crippen LogP contribution in [0.1, 0.15) is 61.1 Å². The summed E-state index contributed by atoms with van der Waals surface area (Å²) in [6.45, 7) is 2.83. The second kappa shape index (κ2) is 5.47. The van der Waals surface area contributed by atoms with Crippen molar-refractivity contribution < 1.29 is 4.79 Å². The number of hydrogen-bond donors (Lipinski definition) is 1. The number of nitrogens with zero attached hydrogens (tertiary/aromatic N) is 1. The highest BCUT2D eigenvalue weighted by Crippen LogP contribution is 2.36. The molecule has 0 saturated heterocycles. The number of nitrogens with one attached hydrogen (secondary N) is 1. The highest BCUT2D eigenvalue weighted by atomic mass is 16.2. The standard InChI is InChI=1S/C17H24N2O/c1-12-9-14(13-7-5-3-4-6-8-13)10-16-15(12)11-18-17(20)19(16)2/h9-10,13H,3-8,11H2,1-2H3,(H,18,20). The van der Waals surface area contributed by atoms with Crippen molar-refractivity contribution in [2.24, 2.45) is 0 Å². The predicted molar refractivity (Wildman–Crippen MR) is 82.3 cm³/mol. The van der Waals surface area contributed by atoms with Gasteiger partial charge in [-0.25, -0.2) is 4.79 Å². The summed E-state index contributed by atoms with van der Waals surface area (Å²) in [5.74, 6) is 0.680. The van der Waals surface area contributed by atoms with Crippen molar-refractivity contribution >= 4 is 11.7 Å². The number of carbonyl (C=O) groups is 1. The van der Waals surface area contributed by atoms with Gasteiger partial charge in [0.2, 0.25) is 0 Å². The molecule has 0 radical (unpaired) electrons. The number of amides is 2. The molecule has 1 aliphatic carbocycles. The molecule has 108 valence electrons. The molecule has 3 heteroatoms. The van der Waals surface area contributed by atoms with Crippen molar-refractivity contribution in [2.75, 3.05) is 11.9 Å². The second-order valence-corrected chi connectivity index (χ2v) is 6.24. The third-order valence-electron chi connectivity index (χ3n) is 4.88. The van der Waals surface area contributed by atoms with E-state index in [-0.39, 0.29) is 6.03 Å².